The molecule has 1 saturated heterocycles. The van der Waals surface area contributed by atoms with E-state index in [0.29, 0.717) is 6.04 Å². The summed E-state index contributed by atoms with van der Waals surface area (Å²) in [7, 11) is 1.47. The SMILES string of the molecule is COC(=O)c1cccc2c1CC(N1CCCCCC1)CC2. The van der Waals surface area contributed by atoms with E-state index in [1.165, 1.54) is 63.4 Å². The molecule has 3 heteroatoms. The first-order chi connectivity index (χ1) is 10.3. The first-order valence-corrected chi connectivity index (χ1v) is 8.22. The summed E-state index contributed by atoms with van der Waals surface area (Å²) < 4.78 is 4.95. The lowest BCUT2D eigenvalue weighted by Crippen LogP contribution is -2.40. The van der Waals surface area contributed by atoms with E-state index in [1.54, 1.807) is 0 Å². The Hall–Kier alpha value is -1.35. The van der Waals surface area contributed by atoms with Crippen LogP contribution in [0.1, 0.15) is 53.6 Å². The van der Waals surface area contributed by atoms with Gasteiger partial charge >= 0.3 is 5.97 Å². The van der Waals surface area contributed by atoms with Gasteiger partial charge in [0.05, 0.1) is 12.7 Å². The molecular formula is C18H25NO2. The van der Waals surface area contributed by atoms with Crippen LogP contribution in [0.15, 0.2) is 18.2 Å². The summed E-state index contributed by atoms with van der Waals surface area (Å²) in [6.07, 6.45) is 8.68. The highest BCUT2D eigenvalue weighted by atomic mass is 16.5. The predicted molar refractivity (Wildman–Crippen MR) is 83.6 cm³/mol. The molecule has 1 atom stereocenters. The van der Waals surface area contributed by atoms with E-state index in [0.717, 1.165) is 18.4 Å². The number of esters is 1. The third kappa shape index (κ3) is 3.13. The Balaban J connectivity index is 1.81. The molecule has 21 heavy (non-hydrogen) atoms. The van der Waals surface area contributed by atoms with Crippen LogP contribution in [0.3, 0.4) is 0 Å². The van der Waals surface area contributed by atoms with Crippen LogP contribution in [0.25, 0.3) is 0 Å². The van der Waals surface area contributed by atoms with E-state index >= 15 is 0 Å². The van der Waals surface area contributed by atoms with Crippen molar-refractivity contribution in [3.63, 3.8) is 0 Å². The van der Waals surface area contributed by atoms with Crippen molar-refractivity contribution in [3.8, 4) is 0 Å². The number of nitrogens with zero attached hydrogens (tertiary/aromatic N) is 1. The number of ether oxygens (including phenoxy) is 1. The zero-order valence-corrected chi connectivity index (χ0v) is 12.9. The van der Waals surface area contributed by atoms with Gasteiger partial charge in [-0.25, -0.2) is 4.79 Å². The molecule has 0 saturated carbocycles. The van der Waals surface area contributed by atoms with Crippen LogP contribution >= 0.6 is 0 Å². The Morgan fingerprint density at radius 2 is 1.95 bits per heavy atom. The van der Waals surface area contributed by atoms with Crippen LogP contribution in [-0.2, 0) is 17.6 Å². The van der Waals surface area contributed by atoms with Gasteiger partial charge in [0.1, 0.15) is 0 Å². The molecule has 1 aliphatic heterocycles. The lowest BCUT2D eigenvalue weighted by molar-refractivity contribution is 0.0598. The van der Waals surface area contributed by atoms with Crippen molar-refractivity contribution in [2.45, 2.75) is 51.0 Å². The highest BCUT2D eigenvalue weighted by Gasteiger charge is 2.27. The van der Waals surface area contributed by atoms with Gasteiger partial charge in [0.25, 0.3) is 0 Å². The van der Waals surface area contributed by atoms with Crippen LogP contribution in [0, 0.1) is 0 Å². The molecule has 1 aliphatic carbocycles. The van der Waals surface area contributed by atoms with E-state index in [4.69, 9.17) is 4.74 Å². The van der Waals surface area contributed by atoms with Crippen molar-refractivity contribution in [3.05, 3.63) is 34.9 Å². The van der Waals surface area contributed by atoms with Gasteiger partial charge in [-0.3, -0.25) is 0 Å². The molecule has 3 rings (SSSR count). The van der Waals surface area contributed by atoms with Crippen LogP contribution in [-0.4, -0.2) is 37.1 Å². The molecule has 0 radical (unpaired) electrons. The summed E-state index contributed by atoms with van der Waals surface area (Å²) in [6, 6.07) is 6.66. The summed E-state index contributed by atoms with van der Waals surface area (Å²) >= 11 is 0. The largest absolute Gasteiger partial charge is 0.465 e. The monoisotopic (exact) mass is 287 g/mol. The third-order valence-electron chi connectivity index (χ3n) is 5.02. The Morgan fingerprint density at radius 3 is 2.67 bits per heavy atom. The van der Waals surface area contributed by atoms with E-state index in [2.05, 4.69) is 11.0 Å². The summed E-state index contributed by atoms with van der Waals surface area (Å²) in [5.74, 6) is -0.191. The van der Waals surface area contributed by atoms with Gasteiger partial charge < -0.3 is 9.64 Å². The van der Waals surface area contributed by atoms with Crippen molar-refractivity contribution in [1.29, 1.82) is 0 Å². The quantitative estimate of drug-likeness (QED) is 0.782. The van der Waals surface area contributed by atoms with Crippen molar-refractivity contribution in [2.75, 3.05) is 20.2 Å². The molecule has 0 bridgehead atoms. The second kappa shape index (κ2) is 6.61. The standard InChI is InChI=1S/C18H25NO2/c1-21-18(20)16-8-6-7-14-9-10-15(13-17(14)16)19-11-4-2-3-5-12-19/h6-8,15H,2-5,9-13H2,1H3. The average molecular weight is 287 g/mol. The predicted octanol–water partition coefficient (Wildman–Crippen LogP) is 3.21. The zero-order chi connectivity index (χ0) is 14.7. The molecule has 0 amide bonds. The van der Waals surface area contributed by atoms with Crippen molar-refractivity contribution < 1.29 is 9.53 Å². The second-order valence-corrected chi connectivity index (χ2v) is 6.28. The third-order valence-corrected chi connectivity index (χ3v) is 5.02. The molecule has 1 fully saturated rings. The normalized spacial score (nSPS) is 23.2. The maximum atomic E-state index is 12.0. The maximum Gasteiger partial charge on any atom is 0.338 e. The first-order valence-electron chi connectivity index (χ1n) is 8.22. The Morgan fingerprint density at radius 1 is 1.19 bits per heavy atom. The molecule has 1 aromatic rings. The Bertz CT molecular complexity index is 504. The molecule has 0 aromatic heterocycles. The lowest BCUT2D eigenvalue weighted by atomic mass is 9.84. The van der Waals surface area contributed by atoms with Crippen molar-refractivity contribution in [1.82, 2.24) is 4.90 Å². The van der Waals surface area contributed by atoms with Crippen LogP contribution in [0.2, 0.25) is 0 Å². The fourth-order valence-corrected chi connectivity index (χ4v) is 3.84. The highest BCUT2D eigenvalue weighted by molar-refractivity contribution is 5.91. The number of fused-ring (bicyclic) bond motifs is 1. The van der Waals surface area contributed by atoms with Gasteiger partial charge in [-0.15, -0.1) is 0 Å². The topological polar surface area (TPSA) is 29.5 Å². The zero-order valence-electron chi connectivity index (χ0n) is 12.9. The van der Waals surface area contributed by atoms with E-state index in [9.17, 15) is 4.79 Å². The van der Waals surface area contributed by atoms with E-state index in [1.807, 2.05) is 12.1 Å². The van der Waals surface area contributed by atoms with Crippen molar-refractivity contribution >= 4 is 5.97 Å². The summed E-state index contributed by atoms with van der Waals surface area (Å²) in [4.78, 5) is 14.6. The maximum absolute atomic E-state index is 12.0. The first kappa shape index (κ1) is 14.6. The number of hydrogen-bond acceptors (Lipinski definition) is 3. The lowest BCUT2D eigenvalue weighted by Gasteiger charge is -2.35. The molecule has 114 valence electrons. The number of likely N-dealkylation sites (tertiary alicyclic amines) is 1. The van der Waals surface area contributed by atoms with Crippen LogP contribution in [0.5, 0.6) is 0 Å². The Kier molecular flexibility index (Phi) is 4.59. The minimum atomic E-state index is -0.191. The number of rotatable bonds is 2. The number of hydrogen-bond donors (Lipinski definition) is 0. The molecule has 1 aromatic carbocycles. The van der Waals surface area contributed by atoms with Gasteiger partial charge in [-0.2, -0.15) is 0 Å². The fourth-order valence-electron chi connectivity index (χ4n) is 3.84. The number of benzene rings is 1. The van der Waals surface area contributed by atoms with Gasteiger partial charge in [0.2, 0.25) is 0 Å². The van der Waals surface area contributed by atoms with Crippen LogP contribution < -0.4 is 0 Å². The van der Waals surface area contributed by atoms with Gasteiger partial charge in [-0.1, -0.05) is 25.0 Å². The summed E-state index contributed by atoms with van der Waals surface area (Å²) in [5, 5.41) is 0. The molecule has 1 unspecified atom stereocenters. The number of carbonyl (C=O) groups is 1. The van der Waals surface area contributed by atoms with E-state index in [-0.39, 0.29) is 5.97 Å². The molecule has 0 spiro atoms. The van der Waals surface area contributed by atoms with Crippen molar-refractivity contribution in [2.24, 2.45) is 0 Å². The number of aryl methyl sites for hydroxylation is 1. The summed E-state index contributed by atoms with van der Waals surface area (Å²) in [6.45, 7) is 2.45. The molecular weight excluding hydrogens is 262 g/mol. The molecule has 2 aliphatic rings. The smallest absolute Gasteiger partial charge is 0.338 e. The second-order valence-electron chi connectivity index (χ2n) is 6.28. The fraction of sp³-hybridized carbons (Fsp3) is 0.611. The Labute approximate surface area is 127 Å². The molecule has 0 N–H and O–H groups in total. The number of carbonyl (C=O) groups excluding carboxylic acids is 1. The molecule has 3 nitrogen and oxygen atoms in total. The average Bonchev–Trinajstić information content (AvgIpc) is 2.82. The minimum Gasteiger partial charge on any atom is -0.465 e. The number of methoxy groups -OCH3 is 1. The minimum absolute atomic E-state index is 0.191. The summed E-state index contributed by atoms with van der Waals surface area (Å²) in [5.41, 5.74) is 3.34. The van der Waals surface area contributed by atoms with Gasteiger partial charge in [-0.05, 0) is 62.4 Å². The highest BCUT2D eigenvalue weighted by Crippen LogP contribution is 2.29. The van der Waals surface area contributed by atoms with Crippen LogP contribution in [0.4, 0.5) is 0 Å². The molecule has 1 heterocycles. The van der Waals surface area contributed by atoms with E-state index < -0.39 is 0 Å². The van der Waals surface area contributed by atoms with Gasteiger partial charge in [0, 0.05) is 6.04 Å². The van der Waals surface area contributed by atoms with Gasteiger partial charge in [0.15, 0.2) is 0 Å².